The van der Waals surface area contributed by atoms with E-state index in [4.69, 9.17) is 9.47 Å². The fourth-order valence-electron chi connectivity index (χ4n) is 5.28. The molecule has 4 rings (SSSR count). The third-order valence-electron chi connectivity index (χ3n) is 7.16. The lowest BCUT2D eigenvalue weighted by Gasteiger charge is -2.44. The van der Waals surface area contributed by atoms with E-state index in [0.29, 0.717) is 45.6 Å². The van der Waals surface area contributed by atoms with Crippen molar-refractivity contribution in [2.45, 2.75) is 44.3 Å². The Labute approximate surface area is 196 Å². The van der Waals surface area contributed by atoms with Gasteiger partial charge in [0.15, 0.2) is 0 Å². The average Bonchev–Trinajstić information content (AvgIpc) is 3.01. The van der Waals surface area contributed by atoms with Gasteiger partial charge in [0.05, 0.1) is 13.2 Å². The zero-order valence-electron chi connectivity index (χ0n) is 20.0. The first-order valence-corrected chi connectivity index (χ1v) is 11.8. The average molecular weight is 454 g/mol. The second kappa shape index (κ2) is 10.2. The number of carbonyl (C=O) groups excluding carboxylic acids is 2. The highest BCUT2D eigenvalue weighted by Crippen LogP contribution is 2.38. The molecule has 2 aliphatic rings. The van der Waals surface area contributed by atoms with Gasteiger partial charge in [-0.2, -0.15) is 0 Å². The van der Waals surface area contributed by atoms with Crippen LogP contribution >= 0.6 is 0 Å². The molecule has 2 heterocycles. The summed E-state index contributed by atoms with van der Waals surface area (Å²) in [5.74, 6) is -0.0582. The molecule has 0 bridgehead atoms. The van der Waals surface area contributed by atoms with Gasteiger partial charge in [0.1, 0.15) is 5.54 Å². The zero-order chi connectivity index (χ0) is 23.4. The minimum Gasteiger partial charge on any atom is -0.385 e. The monoisotopic (exact) mass is 453 g/mol. The van der Waals surface area contributed by atoms with Gasteiger partial charge in [-0.25, -0.2) is 4.79 Å². The molecule has 0 radical (unpaired) electrons. The van der Waals surface area contributed by atoms with Crippen molar-refractivity contribution in [3.63, 3.8) is 0 Å². The van der Waals surface area contributed by atoms with Crippen LogP contribution in [0.2, 0.25) is 0 Å². The number of benzene rings is 2. The lowest BCUT2D eigenvalue weighted by Crippen LogP contribution is -2.58. The van der Waals surface area contributed by atoms with Crippen molar-refractivity contribution < 1.29 is 19.1 Å². The number of amides is 3. The van der Waals surface area contributed by atoms with E-state index in [2.05, 4.69) is 36.1 Å². The molecule has 0 unspecified atom stereocenters. The van der Waals surface area contributed by atoms with Crippen LogP contribution in [0.25, 0.3) is 10.8 Å². The number of imide groups is 1. The Kier molecular flexibility index (Phi) is 7.32. The minimum absolute atomic E-state index is 0.0582. The van der Waals surface area contributed by atoms with Crippen LogP contribution in [0, 0.1) is 0 Å². The van der Waals surface area contributed by atoms with Crippen LogP contribution in [-0.2, 0) is 20.8 Å². The lowest BCUT2D eigenvalue weighted by molar-refractivity contribution is -0.136. The number of methoxy groups -OCH3 is 2. The Morgan fingerprint density at radius 3 is 2.42 bits per heavy atom. The van der Waals surface area contributed by atoms with Crippen LogP contribution in [0.15, 0.2) is 42.5 Å². The summed E-state index contributed by atoms with van der Waals surface area (Å²) < 4.78 is 10.5. The second-order valence-electron chi connectivity index (χ2n) is 9.23. The third kappa shape index (κ3) is 4.63. The van der Waals surface area contributed by atoms with Crippen molar-refractivity contribution in [2.75, 3.05) is 47.1 Å². The van der Waals surface area contributed by atoms with Crippen molar-refractivity contribution in [3.05, 3.63) is 48.0 Å². The Balaban J connectivity index is 1.56. The summed E-state index contributed by atoms with van der Waals surface area (Å²) in [5, 5.41) is 2.26. The number of carbonyl (C=O) groups is 2. The smallest absolute Gasteiger partial charge is 0.327 e. The molecule has 2 aliphatic heterocycles. The molecule has 33 heavy (non-hydrogen) atoms. The maximum atomic E-state index is 13.8. The quantitative estimate of drug-likeness (QED) is 0.430. The molecule has 0 aromatic heterocycles. The summed E-state index contributed by atoms with van der Waals surface area (Å²) in [6, 6.07) is 14.4. The van der Waals surface area contributed by atoms with E-state index in [1.165, 1.54) is 4.90 Å². The summed E-state index contributed by atoms with van der Waals surface area (Å²) >= 11 is 0. The van der Waals surface area contributed by atoms with Crippen LogP contribution in [0.5, 0.6) is 0 Å². The van der Waals surface area contributed by atoms with Crippen molar-refractivity contribution in [1.29, 1.82) is 0 Å². The summed E-state index contributed by atoms with van der Waals surface area (Å²) in [4.78, 5) is 33.0. The topological polar surface area (TPSA) is 62.3 Å². The third-order valence-corrected chi connectivity index (χ3v) is 7.16. The molecule has 7 nitrogen and oxygen atoms in total. The van der Waals surface area contributed by atoms with Crippen LogP contribution in [-0.4, -0.2) is 85.3 Å². The Bertz CT molecular complexity index is 986. The van der Waals surface area contributed by atoms with Gasteiger partial charge >= 0.3 is 6.03 Å². The Morgan fingerprint density at radius 1 is 1.00 bits per heavy atom. The highest BCUT2D eigenvalue weighted by atomic mass is 16.5. The Morgan fingerprint density at radius 2 is 1.73 bits per heavy atom. The van der Waals surface area contributed by atoms with Gasteiger partial charge in [0.25, 0.3) is 5.91 Å². The molecule has 1 spiro atoms. The van der Waals surface area contributed by atoms with E-state index in [9.17, 15) is 9.59 Å². The highest BCUT2D eigenvalue weighted by Gasteiger charge is 2.57. The number of hydrogen-bond donors (Lipinski definition) is 0. The number of fused-ring (bicyclic) bond motifs is 1. The molecule has 178 valence electrons. The van der Waals surface area contributed by atoms with Gasteiger partial charge in [-0.05, 0) is 48.6 Å². The van der Waals surface area contributed by atoms with Gasteiger partial charge in [0, 0.05) is 46.5 Å². The molecule has 2 aromatic carbocycles. The van der Waals surface area contributed by atoms with Gasteiger partial charge in [-0.3, -0.25) is 14.6 Å². The van der Waals surface area contributed by atoms with Gasteiger partial charge < -0.3 is 14.4 Å². The molecule has 0 saturated carbocycles. The highest BCUT2D eigenvalue weighted by molar-refractivity contribution is 6.07. The summed E-state index contributed by atoms with van der Waals surface area (Å²) in [5.41, 5.74) is 0.209. The van der Waals surface area contributed by atoms with E-state index in [-0.39, 0.29) is 18.0 Å². The van der Waals surface area contributed by atoms with Crippen LogP contribution in [0.4, 0.5) is 4.79 Å². The SMILES string of the molecule is COCCCN1C(=O)N(Cc2ccc3ccccc3c2)C(=O)C12CCN([C@@H](C)COC)CC2. The van der Waals surface area contributed by atoms with Gasteiger partial charge in [-0.1, -0.05) is 36.4 Å². The molecule has 2 aromatic rings. The number of rotatable bonds is 9. The summed E-state index contributed by atoms with van der Waals surface area (Å²) in [7, 11) is 3.37. The second-order valence-corrected chi connectivity index (χ2v) is 9.23. The molecule has 2 fully saturated rings. The van der Waals surface area contributed by atoms with Crippen molar-refractivity contribution >= 4 is 22.7 Å². The number of piperidine rings is 1. The van der Waals surface area contributed by atoms with Crippen molar-refractivity contribution in [1.82, 2.24) is 14.7 Å². The van der Waals surface area contributed by atoms with E-state index in [0.717, 1.165) is 29.4 Å². The zero-order valence-corrected chi connectivity index (χ0v) is 20.0. The standard InChI is InChI=1S/C26H35N3O4/c1-20(19-33-3)27-14-11-26(12-15-27)24(30)28(25(31)29(26)13-6-16-32-2)18-21-9-10-22-7-4-5-8-23(22)17-21/h4-5,7-10,17,20H,6,11-16,18-19H2,1-3H3/t20-/m0/s1. The minimum atomic E-state index is -0.759. The maximum Gasteiger partial charge on any atom is 0.327 e. The molecular weight excluding hydrogens is 418 g/mol. The number of ether oxygens (including phenoxy) is 2. The molecule has 3 amide bonds. The summed E-state index contributed by atoms with van der Waals surface area (Å²) in [6.07, 6.45) is 2.00. The number of nitrogens with zero attached hydrogens (tertiary/aromatic N) is 3. The molecule has 0 N–H and O–H groups in total. The fourth-order valence-corrected chi connectivity index (χ4v) is 5.28. The lowest BCUT2D eigenvalue weighted by atomic mass is 9.85. The first-order valence-electron chi connectivity index (χ1n) is 11.8. The Hall–Kier alpha value is -2.48. The first-order chi connectivity index (χ1) is 16.0. The number of likely N-dealkylation sites (tertiary alicyclic amines) is 1. The van der Waals surface area contributed by atoms with Crippen LogP contribution in [0.1, 0.15) is 31.7 Å². The van der Waals surface area contributed by atoms with E-state index >= 15 is 0 Å². The molecule has 7 heteroatoms. The molecule has 1 atom stereocenters. The number of hydrogen-bond acceptors (Lipinski definition) is 5. The summed E-state index contributed by atoms with van der Waals surface area (Å²) in [6.45, 7) is 5.74. The van der Waals surface area contributed by atoms with Gasteiger partial charge in [0.2, 0.25) is 0 Å². The predicted molar refractivity (Wildman–Crippen MR) is 128 cm³/mol. The number of urea groups is 1. The largest absolute Gasteiger partial charge is 0.385 e. The molecule has 2 saturated heterocycles. The fraction of sp³-hybridized carbons (Fsp3) is 0.538. The maximum absolute atomic E-state index is 13.8. The van der Waals surface area contributed by atoms with Crippen LogP contribution < -0.4 is 0 Å². The van der Waals surface area contributed by atoms with Gasteiger partial charge in [-0.15, -0.1) is 0 Å². The van der Waals surface area contributed by atoms with E-state index in [1.807, 2.05) is 23.1 Å². The van der Waals surface area contributed by atoms with E-state index < -0.39 is 5.54 Å². The van der Waals surface area contributed by atoms with Crippen molar-refractivity contribution in [3.8, 4) is 0 Å². The first kappa shape index (κ1) is 23.7. The van der Waals surface area contributed by atoms with Crippen molar-refractivity contribution in [2.24, 2.45) is 0 Å². The molecular formula is C26H35N3O4. The van der Waals surface area contributed by atoms with E-state index in [1.54, 1.807) is 14.2 Å². The normalized spacial score (nSPS) is 19.7. The van der Waals surface area contributed by atoms with Crippen LogP contribution in [0.3, 0.4) is 0 Å². The molecule has 0 aliphatic carbocycles. The predicted octanol–water partition coefficient (Wildman–Crippen LogP) is 3.51.